The van der Waals surface area contributed by atoms with E-state index in [9.17, 15) is 9.59 Å². The molecule has 0 spiro atoms. The third kappa shape index (κ3) is 3.54. The highest BCUT2D eigenvalue weighted by molar-refractivity contribution is 6.16. The van der Waals surface area contributed by atoms with Crippen molar-refractivity contribution < 1.29 is 18.8 Å². The average Bonchev–Trinajstić information content (AvgIpc) is 3.06. The summed E-state index contributed by atoms with van der Waals surface area (Å²) in [6, 6.07) is -0.261. The minimum Gasteiger partial charge on any atom is -0.475 e. The van der Waals surface area contributed by atoms with E-state index in [-0.39, 0.29) is 29.4 Å². The molecule has 1 aromatic heterocycles. The van der Waals surface area contributed by atoms with E-state index >= 15 is 0 Å². The zero-order valence-corrected chi connectivity index (χ0v) is 15.7. The first-order valence-electron chi connectivity index (χ1n) is 9.46. The van der Waals surface area contributed by atoms with E-state index in [1.807, 2.05) is 6.08 Å². The predicted molar refractivity (Wildman–Crippen MR) is 102 cm³/mol. The van der Waals surface area contributed by atoms with Crippen molar-refractivity contribution in [3.8, 4) is 5.88 Å². The summed E-state index contributed by atoms with van der Waals surface area (Å²) in [7, 11) is 0. The molecule has 3 rings (SSSR count). The standard InChI is InChI=1S/C21H26N2O4/c1-4-7-13-26-21-17-19(25)16-14(9-8-10-15(16)24)18(20(17)27-22-21)23(11-5-2)12-6-3/h5-6,8,10,14,16,18H,2-4,7,9,11-13H2,1H3/t14-,16?,18+/m1/s1. The second-order valence-electron chi connectivity index (χ2n) is 6.95. The number of ether oxygens (including phenoxy) is 1. The third-order valence-corrected chi connectivity index (χ3v) is 5.17. The molecular formula is C21H26N2O4. The summed E-state index contributed by atoms with van der Waals surface area (Å²) in [5.74, 6) is -0.641. The number of rotatable bonds is 9. The molecule has 0 amide bonds. The van der Waals surface area contributed by atoms with Crippen LogP contribution in [0, 0.1) is 11.8 Å². The van der Waals surface area contributed by atoms with Gasteiger partial charge in [0.15, 0.2) is 17.3 Å². The van der Waals surface area contributed by atoms with Crippen LogP contribution in [-0.2, 0) is 4.79 Å². The van der Waals surface area contributed by atoms with E-state index < -0.39 is 5.92 Å². The third-order valence-electron chi connectivity index (χ3n) is 5.17. The molecule has 1 heterocycles. The SMILES string of the molecule is C=CCN(CC=C)[C@@H]1c2onc(OCCCC)c2C(=O)C2C(=O)C=CC[C@H]21. The number of carbonyl (C=O) groups is 2. The van der Waals surface area contributed by atoms with Crippen molar-refractivity contribution in [2.45, 2.75) is 32.2 Å². The Morgan fingerprint density at radius 3 is 2.74 bits per heavy atom. The Balaban J connectivity index is 2.06. The fraction of sp³-hybridized carbons (Fsp3) is 0.476. The number of Topliss-reactive ketones (excluding diaryl/α,β-unsaturated/α-hetero) is 1. The number of unbranched alkanes of at least 4 members (excludes halogenated alkanes) is 1. The lowest BCUT2D eigenvalue weighted by Gasteiger charge is -2.41. The van der Waals surface area contributed by atoms with Crippen LogP contribution in [-0.4, -0.2) is 41.3 Å². The van der Waals surface area contributed by atoms with Crippen molar-refractivity contribution in [3.63, 3.8) is 0 Å². The van der Waals surface area contributed by atoms with Gasteiger partial charge in [-0.1, -0.05) is 31.6 Å². The summed E-state index contributed by atoms with van der Waals surface area (Å²) >= 11 is 0. The number of ketones is 2. The second-order valence-corrected chi connectivity index (χ2v) is 6.95. The molecule has 0 saturated carbocycles. The van der Waals surface area contributed by atoms with Crippen molar-refractivity contribution in [2.75, 3.05) is 19.7 Å². The highest BCUT2D eigenvalue weighted by atomic mass is 16.5. The highest BCUT2D eigenvalue weighted by Crippen LogP contribution is 2.48. The van der Waals surface area contributed by atoms with Crippen molar-refractivity contribution >= 4 is 11.6 Å². The van der Waals surface area contributed by atoms with Crippen LogP contribution < -0.4 is 4.74 Å². The molecule has 0 radical (unpaired) electrons. The van der Waals surface area contributed by atoms with Crippen LogP contribution in [0.3, 0.4) is 0 Å². The van der Waals surface area contributed by atoms with E-state index in [1.165, 1.54) is 6.08 Å². The minimum atomic E-state index is -0.724. The van der Waals surface area contributed by atoms with E-state index in [0.717, 1.165) is 12.8 Å². The Morgan fingerprint density at radius 1 is 1.33 bits per heavy atom. The number of carbonyl (C=O) groups excluding carboxylic acids is 2. The van der Waals surface area contributed by atoms with Crippen LogP contribution in [0.15, 0.2) is 42.0 Å². The molecule has 2 aliphatic rings. The summed E-state index contributed by atoms with van der Waals surface area (Å²) in [6.45, 7) is 11.3. The highest BCUT2D eigenvalue weighted by Gasteiger charge is 2.51. The monoisotopic (exact) mass is 370 g/mol. The van der Waals surface area contributed by atoms with Gasteiger partial charge in [-0.25, -0.2) is 0 Å². The maximum Gasteiger partial charge on any atom is 0.265 e. The molecule has 0 saturated heterocycles. The molecule has 27 heavy (non-hydrogen) atoms. The lowest BCUT2D eigenvalue weighted by molar-refractivity contribution is -0.120. The molecule has 1 aromatic rings. The van der Waals surface area contributed by atoms with Crippen LogP contribution in [0.25, 0.3) is 0 Å². The summed E-state index contributed by atoms with van der Waals surface area (Å²) in [5, 5.41) is 4.03. The Labute approximate surface area is 159 Å². The van der Waals surface area contributed by atoms with Gasteiger partial charge in [0.2, 0.25) is 0 Å². The number of hydrogen-bond donors (Lipinski definition) is 0. The largest absolute Gasteiger partial charge is 0.475 e. The van der Waals surface area contributed by atoms with Crippen molar-refractivity contribution in [3.05, 3.63) is 48.8 Å². The molecule has 1 unspecified atom stereocenters. The Bertz CT molecular complexity index is 754. The maximum absolute atomic E-state index is 13.2. The number of allylic oxidation sites excluding steroid dienone is 2. The van der Waals surface area contributed by atoms with Crippen LogP contribution in [0.5, 0.6) is 5.88 Å². The molecule has 0 aliphatic heterocycles. The Morgan fingerprint density at radius 2 is 2.07 bits per heavy atom. The zero-order valence-electron chi connectivity index (χ0n) is 15.7. The van der Waals surface area contributed by atoms with Gasteiger partial charge >= 0.3 is 0 Å². The molecule has 0 fully saturated rings. The van der Waals surface area contributed by atoms with Crippen molar-refractivity contribution in [2.24, 2.45) is 11.8 Å². The smallest absolute Gasteiger partial charge is 0.265 e. The second kappa shape index (κ2) is 8.48. The molecule has 2 aliphatic carbocycles. The number of aromatic nitrogens is 1. The Kier molecular flexibility index (Phi) is 6.06. The molecule has 0 aromatic carbocycles. The summed E-state index contributed by atoms with van der Waals surface area (Å²) in [4.78, 5) is 27.8. The molecule has 0 bridgehead atoms. The zero-order chi connectivity index (χ0) is 19.4. The normalized spacial score (nSPS) is 23.9. The number of hydrogen-bond acceptors (Lipinski definition) is 6. The first kappa shape index (κ1) is 19.3. The lowest BCUT2D eigenvalue weighted by Crippen LogP contribution is -2.46. The van der Waals surface area contributed by atoms with Crippen LogP contribution in [0.4, 0.5) is 0 Å². The van der Waals surface area contributed by atoms with Gasteiger partial charge in [-0.2, -0.15) is 0 Å². The van der Waals surface area contributed by atoms with Crippen LogP contribution >= 0.6 is 0 Å². The molecule has 0 N–H and O–H groups in total. The fourth-order valence-corrected chi connectivity index (χ4v) is 3.97. The quantitative estimate of drug-likeness (QED) is 0.376. The van der Waals surface area contributed by atoms with E-state index in [1.54, 1.807) is 12.2 Å². The fourth-order valence-electron chi connectivity index (χ4n) is 3.97. The molecule has 3 atom stereocenters. The van der Waals surface area contributed by atoms with Gasteiger partial charge in [0.1, 0.15) is 5.56 Å². The first-order valence-corrected chi connectivity index (χ1v) is 9.46. The van der Waals surface area contributed by atoms with Crippen molar-refractivity contribution in [1.82, 2.24) is 10.1 Å². The summed E-state index contributed by atoms with van der Waals surface area (Å²) < 4.78 is 11.3. The average molecular weight is 370 g/mol. The van der Waals surface area contributed by atoms with Gasteiger partial charge in [0.05, 0.1) is 18.6 Å². The number of nitrogens with zero attached hydrogens (tertiary/aromatic N) is 2. The van der Waals surface area contributed by atoms with E-state index in [2.05, 4.69) is 30.1 Å². The van der Waals surface area contributed by atoms with E-state index in [0.29, 0.717) is 37.4 Å². The first-order chi connectivity index (χ1) is 13.1. The van der Waals surface area contributed by atoms with Gasteiger partial charge in [-0.15, -0.1) is 13.2 Å². The number of fused-ring (bicyclic) bond motifs is 2. The predicted octanol–water partition coefficient (Wildman–Crippen LogP) is 3.53. The molecular weight excluding hydrogens is 344 g/mol. The molecule has 6 heteroatoms. The molecule has 144 valence electrons. The van der Waals surface area contributed by atoms with Crippen molar-refractivity contribution in [1.29, 1.82) is 0 Å². The minimum absolute atomic E-state index is 0.162. The topological polar surface area (TPSA) is 72.6 Å². The Hall–Kier alpha value is -2.47. The summed E-state index contributed by atoms with van der Waals surface area (Å²) in [6.07, 6.45) is 9.39. The molecule has 6 nitrogen and oxygen atoms in total. The van der Waals surface area contributed by atoms with Gasteiger partial charge < -0.3 is 9.26 Å². The van der Waals surface area contributed by atoms with Crippen LogP contribution in [0.1, 0.15) is 48.3 Å². The van der Waals surface area contributed by atoms with Gasteiger partial charge in [0.25, 0.3) is 5.88 Å². The van der Waals surface area contributed by atoms with Gasteiger partial charge in [-0.3, -0.25) is 14.5 Å². The van der Waals surface area contributed by atoms with Gasteiger partial charge in [0, 0.05) is 19.0 Å². The van der Waals surface area contributed by atoms with E-state index in [4.69, 9.17) is 9.26 Å². The van der Waals surface area contributed by atoms with Crippen LogP contribution in [0.2, 0.25) is 0 Å². The summed E-state index contributed by atoms with van der Waals surface area (Å²) in [5.41, 5.74) is 0.319. The van der Waals surface area contributed by atoms with Gasteiger partial charge in [-0.05, 0) is 24.1 Å². The lowest BCUT2D eigenvalue weighted by atomic mass is 9.68. The maximum atomic E-state index is 13.2.